The minimum Gasteiger partial charge on any atom is -0.383 e. The summed E-state index contributed by atoms with van der Waals surface area (Å²) in [7, 11) is 0. The number of rotatable bonds is 4. The topological polar surface area (TPSA) is 99.4 Å². The van der Waals surface area contributed by atoms with Gasteiger partial charge in [-0.25, -0.2) is 4.98 Å². The first kappa shape index (κ1) is 17.5. The van der Waals surface area contributed by atoms with Crippen molar-refractivity contribution in [3.8, 4) is 23.3 Å². The minimum absolute atomic E-state index is 0.130. The van der Waals surface area contributed by atoms with E-state index < -0.39 is 0 Å². The first-order valence-electron chi connectivity index (χ1n) is 7.88. The first-order valence-corrected chi connectivity index (χ1v) is 8.87. The Kier molecular flexibility index (Phi) is 5.17. The van der Waals surface area contributed by atoms with Gasteiger partial charge >= 0.3 is 0 Å². The van der Waals surface area contributed by atoms with Gasteiger partial charge in [-0.1, -0.05) is 48.2 Å². The summed E-state index contributed by atoms with van der Waals surface area (Å²) in [5.41, 5.74) is 9.73. The van der Waals surface area contributed by atoms with Crippen LogP contribution in [0.4, 0.5) is 5.82 Å². The van der Waals surface area contributed by atoms with E-state index in [-0.39, 0.29) is 11.4 Å². The first-order chi connectivity index (χ1) is 12.6. The number of pyridine rings is 2. The maximum atomic E-state index is 9.74. The van der Waals surface area contributed by atoms with Gasteiger partial charge in [-0.2, -0.15) is 10.5 Å². The van der Waals surface area contributed by atoms with Crippen LogP contribution in [0.5, 0.6) is 0 Å². The average molecular weight is 357 g/mol. The lowest BCUT2D eigenvalue weighted by atomic mass is 9.97. The van der Waals surface area contributed by atoms with Crippen molar-refractivity contribution in [1.82, 2.24) is 9.97 Å². The molecule has 2 heterocycles. The largest absolute Gasteiger partial charge is 0.383 e. The van der Waals surface area contributed by atoms with E-state index >= 15 is 0 Å². The van der Waals surface area contributed by atoms with Gasteiger partial charge in [0, 0.05) is 17.0 Å². The summed E-state index contributed by atoms with van der Waals surface area (Å²) in [5.74, 6) is 0.688. The molecule has 26 heavy (non-hydrogen) atoms. The average Bonchev–Trinajstić information content (AvgIpc) is 2.66. The second-order valence-electron chi connectivity index (χ2n) is 5.58. The van der Waals surface area contributed by atoms with Crippen LogP contribution in [0.15, 0.2) is 53.6 Å². The molecule has 2 aromatic heterocycles. The highest BCUT2D eigenvalue weighted by Gasteiger charge is 2.20. The zero-order valence-electron chi connectivity index (χ0n) is 14.1. The van der Waals surface area contributed by atoms with Crippen molar-refractivity contribution in [2.45, 2.75) is 17.7 Å². The van der Waals surface area contributed by atoms with Crippen LogP contribution >= 0.6 is 11.8 Å². The van der Waals surface area contributed by atoms with Crippen LogP contribution < -0.4 is 5.73 Å². The Bertz CT molecular complexity index is 1030. The molecule has 0 bridgehead atoms. The van der Waals surface area contributed by atoms with E-state index in [2.05, 4.69) is 22.1 Å². The van der Waals surface area contributed by atoms with Crippen molar-refractivity contribution in [3.63, 3.8) is 0 Å². The highest BCUT2D eigenvalue weighted by Crippen LogP contribution is 2.36. The van der Waals surface area contributed by atoms with Crippen molar-refractivity contribution in [1.29, 1.82) is 10.5 Å². The molecule has 6 heteroatoms. The van der Waals surface area contributed by atoms with Gasteiger partial charge in [0.1, 0.15) is 28.5 Å². The SMILES string of the molecule is Cc1cccc(CSc2nc(N)c(C#N)c(-c3ccccc3)c2C#N)n1. The van der Waals surface area contributed by atoms with Gasteiger partial charge in [0.25, 0.3) is 0 Å². The summed E-state index contributed by atoms with van der Waals surface area (Å²) in [6, 6.07) is 19.4. The molecule has 2 N–H and O–H groups in total. The van der Waals surface area contributed by atoms with Crippen LogP contribution in [-0.2, 0) is 5.75 Å². The molecule has 0 fully saturated rings. The predicted molar refractivity (Wildman–Crippen MR) is 102 cm³/mol. The molecule has 0 spiro atoms. The summed E-state index contributed by atoms with van der Waals surface area (Å²) < 4.78 is 0. The van der Waals surface area contributed by atoms with Gasteiger partial charge in [-0.05, 0) is 24.6 Å². The number of nitrogen functional groups attached to an aromatic ring is 1. The summed E-state index contributed by atoms with van der Waals surface area (Å²) in [6.45, 7) is 1.93. The fourth-order valence-corrected chi connectivity index (χ4v) is 3.52. The molecule has 0 amide bonds. The van der Waals surface area contributed by atoms with Gasteiger partial charge in [0.05, 0.1) is 11.3 Å². The predicted octanol–water partition coefficient (Wildman–Crippen LogP) is 4.07. The Morgan fingerprint density at radius 1 is 0.962 bits per heavy atom. The highest BCUT2D eigenvalue weighted by molar-refractivity contribution is 7.98. The molecule has 0 aliphatic rings. The van der Waals surface area contributed by atoms with Gasteiger partial charge < -0.3 is 5.73 Å². The lowest BCUT2D eigenvalue weighted by molar-refractivity contribution is 1.08. The van der Waals surface area contributed by atoms with E-state index in [1.807, 2.05) is 55.5 Å². The Hall–Kier alpha value is -3.35. The van der Waals surface area contributed by atoms with Gasteiger partial charge in [0.2, 0.25) is 0 Å². The van der Waals surface area contributed by atoms with Gasteiger partial charge in [0.15, 0.2) is 0 Å². The van der Waals surface area contributed by atoms with Crippen LogP contribution in [0.1, 0.15) is 22.5 Å². The number of nitrogens with zero attached hydrogens (tertiary/aromatic N) is 4. The molecule has 1 aromatic carbocycles. The molecule has 3 aromatic rings. The minimum atomic E-state index is 0.130. The van der Waals surface area contributed by atoms with Crippen molar-refractivity contribution in [3.05, 3.63) is 71.0 Å². The standard InChI is InChI=1S/C20H15N5S/c1-13-6-5-9-15(24-13)12-26-20-17(11-22)18(14-7-3-2-4-8-14)16(10-21)19(23)25-20/h2-9H,12H2,1H3,(H2,23,25). The summed E-state index contributed by atoms with van der Waals surface area (Å²) in [5, 5.41) is 19.8. The molecule has 5 nitrogen and oxygen atoms in total. The van der Waals surface area contributed by atoms with Crippen LogP contribution in [0, 0.1) is 29.6 Å². The molecule has 126 valence electrons. The highest BCUT2D eigenvalue weighted by atomic mass is 32.2. The quantitative estimate of drug-likeness (QED) is 0.707. The zero-order valence-corrected chi connectivity index (χ0v) is 14.9. The fraction of sp³-hybridized carbons (Fsp3) is 0.100. The number of thioether (sulfide) groups is 1. The van der Waals surface area contributed by atoms with E-state index in [1.54, 1.807) is 0 Å². The van der Waals surface area contributed by atoms with Crippen LogP contribution in [0.2, 0.25) is 0 Å². The second-order valence-corrected chi connectivity index (χ2v) is 6.54. The number of hydrogen-bond acceptors (Lipinski definition) is 6. The lowest BCUT2D eigenvalue weighted by Gasteiger charge is -2.13. The number of nitriles is 2. The van der Waals surface area contributed by atoms with Crippen molar-refractivity contribution in [2.75, 3.05) is 5.73 Å². The molecule has 0 atom stereocenters. The molecule has 3 rings (SSSR count). The monoisotopic (exact) mass is 357 g/mol. The third-order valence-electron chi connectivity index (χ3n) is 3.78. The molecular formula is C20H15N5S. The summed E-state index contributed by atoms with van der Waals surface area (Å²) >= 11 is 1.39. The van der Waals surface area contributed by atoms with Gasteiger partial charge in [-0.15, -0.1) is 0 Å². The fourth-order valence-electron chi connectivity index (χ4n) is 2.62. The third kappa shape index (κ3) is 3.51. The second kappa shape index (κ2) is 7.69. The Balaban J connectivity index is 2.08. The molecule has 0 saturated carbocycles. The Labute approximate surface area is 156 Å². The van der Waals surface area contributed by atoms with E-state index in [0.717, 1.165) is 17.0 Å². The van der Waals surface area contributed by atoms with Crippen LogP contribution in [0.3, 0.4) is 0 Å². The third-order valence-corrected chi connectivity index (χ3v) is 4.79. The molecule has 0 aliphatic heterocycles. The van der Waals surface area contributed by atoms with Gasteiger partial charge in [-0.3, -0.25) is 4.98 Å². The summed E-state index contributed by atoms with van der Waals surface area (Å²) in [6.07, 6.45) is 0. The van der Waals surface area contributed by atoms with E-state index in [0.29, 0.717) is 21.9 Å². The Morgan fingerprint density at radius 2 is 1.69 bits per heavy atom. The molecule has 0 radical (unpaired) electrons. The van der Waals surface area contributed by atoms with E-state index in [4.69, 9.17) is 5.73 Å². The maximum absolute atomic E-state index is 9.74. The van der Waals surface area contributed by atoms with Crippen molar-refractivity contribution in [2.24, 2.45) is 0 Å². The number of benzene rings is 1. The number of aromatic nitrogens is 2. The zero-order chi connectivity index (χ0) is 18.5. The van der Waals surface area contributed by atoms with Crippen LogP contribution in [0.25, 0.3) is 11.1 Å². The smallest absolute Gasteiger partial charge is 0.143 e. The van der Waals surface area contributed by atoms with E-state index in [1.165, 1.54) is 11.8 Å². The lowest BCUT2D eigenvalue weighted by Crippen LogP contribution is -2.03. The number of hydrogen-bond donors (Lipinski definition) is 1. The number of aryl methyl sites for hydroxylation is 1. The molecule has 0 unspecified atom stereocenters. The number of nitrogens with two attached hydrogens (primary N) is 1. The summed E-state index contributed by atoms with van der Waals surface area (Å²) in [4.78, 5) is 8.77. The van der Waals surface area contributed by atoms with Crippen molar-refractivity contribution >= 4 is 17.6 Å². The van der Waals surface area contributed by atoms with Crippen LogP contribution in [-0.4, -0.2) is 9.97 Å². The van der Waals surface area contributed by atoms with E-state index in [9.17, 15) is 10.5 Å². The normalized spacial score (nSPS) is 10.1. The molecule has 0 saturated heterocycles. The Morgan fingerprint density at radius 3 is 2.35 bits per heavy atom. The molecule has 0 aliphatic carbocycles. The van der Waals surface area contributed by atoms with Crippen molar-refractivity contribution < 1.29 is 0 Å². The number of anilines is 1. The molecular weight excluding hydrogens is 342 g/mol. The maximum Gasteiger partial charge on any atom is 0.143 e.